The fourth-order valence-electron chi connectivity index (χ4n) is 4.38. The predicted molar refractivity (Wildman–Crippen MR) is 133 cm³/mol. The number of hydrogen-bond acceptors (Lipinski definition) is 3. The molecule has 2 heterocycles. The number of aromatic nitrogens is 1. The SMILES string of the molecule is Cc1cc(C)cc(Cn2cc(/C=C/C(=O)c3cc4ccccc4oc3=O)c3ccccc32)c1. The molecule has 3 aromatic carbocycles. The normalized spacial score (nSPS) is 11.6. The van der Waals surface area contributed by atoms with Gasteiger partial charge in [0, 0.05) is 34.6 Å². The number of ketones is 1. The van der Waals surface area contributed by atoms with Gasteiger partial charge in [0.2, 0.25) is 0 Å². The van der Waals surface area contributed by atoms with Crippen LogP contribution in [0.4, 0.5) is 0 Å². The first-order chi connectivity index (χ1) is 16.0. The average molecular weight is 434 g/mol. The lowest BCUT2D eigenvalue weighted by Gasteiger charge is -2.08. The van der Waals surface area contributed by atoms with Crippen LogP contribution in [0.2, 0.25) is 0 Å². The number of fused-ring (bicyclic) bond motifs is 2. The Morgan fingerprint density at radius 2 is 1.67 bits per heavy atom. The highest BCUT2D eigenvalue weighted by Gasteiger charge is 2.12. The molecular weight excluding hydrogens is 410 g/mol. The van der Waals surface area contributed by atoms with Crippen molar-refractivity contribution in [2.24, 2.45) is 0 Å². The Morgan fingerprint density at radius 1 is 0.939 bits per heavy atom. The fourth-order valence-corrected chi connectivity index (χ4v) is 4.38. The van der Waals surface area contributed by atoms with Gasteiger partial charge < -0.3 is 8.98 Å². The summed E-state index contributed by atoms with van der Waals surface area (Å²) in [7, 11) is 0. The van der Waals surface area contributed by atoms with Gasteiger partial charge in [0.1, 0.15) is 11.1 Å². The summed E-state index contributed by atoms with van der Waals surface area (Å²) in [6, 6.07) is 23.4. The number of rotatable bonds is 5. The molecule has 0 fully saturated rings. The highest BCUT2D eigenvalue weighted by Crippen LogP contribution is 2.24. The van der Waals surface area contributed by atoms with Crippen LogP contribution in [0, 0.1) is 13.8 Å². The monoisotopic (exact) mass is 433 g/mol. The molecule has 0 aliphatic heterocycles. The Balaban J connectivity index is 1.50. The molecule has 0 bridgehead atoms. The van der Waals surface area contributed by atoms with Gasteiger partial charge in [-0.15, -0.1) is 0 Å². The van der Waals surface area contributed by atoms with Gasteiger partial charge in [0.25, 0.3) is 0 Å². The first-order valence-electron chi connectivity index (χ1n) is 10.9. The molecule has 0 spiro atoms. The van der Waals surface area contributed by atoms with Crippen LogP contribution in [-0.4, -0.2) is 10.4 Å². The van der Waals surface area contributed by atoms with Crippen molar-refractivity contribution in [3.05, 3.63) is 123 Å². The van der Waals surface area contributed by atoms with Crippen LogP contribution < -0.4 is 5.63 Å². The summed E-state index contributed by atoms with van der Waals surface area (Å²) in [4.78, 5) is 25.2. The van der Waals surface area contributed by atoms with Gasteiger partial charge in [-0.3, -0.25) is 4.79 Å². The molecule has 5 rings (SSSR count). The molecule has 2 aromatic heterocycles. The first-order valence-corrected chi connectivity index (χ1v) is 10.9. The first kappa shape index (κ1) is 20.7. The molecule has 0 saturated carbocycles. The molecule has 4 heteroatoms. The molecule has 0 radical (unpaired) electrons. The van der Waals surface area contributed by atoms with Gasteiger partial charge in [-0.2, -0.15) is 0 Å². The van der Waals surface area contributed by atoms with Crippen LogP contribution >= 0.6 is 0 Å². The number of benzene rings is 3. The van der Waals surface area contributed by atoms with E-state index < -0.39 is 5.63 Å². The lowest BCUT2D eigenvalue weighted by Crippen LogP contribution is -2.11. The Morgan fingerprint density at radius 3 is 2.48 bits per heavy atom. The highest BCUT2D eigenvalue weighted by molar-refractivity contribution is 6.08. The molecule has 162 valence electrons. The van der Waals surface area contributed by atoms with E-state index in [2.05, 4.69) is 48.9 Å². The van der Waals surface area contributed by atoms with Crippen LogP contribution in [0.5, 0.6) is 0 Å². The van der Waals surface area contributed by atoms with Crippen molar-refractivity contribution in [3.8, 4) is 0 Å². The number of para-hydroxylation sites is 2. The smallest absolute Gasteiger partial charge is 0.347 e. The van der Waals surface area contributed by atoms with E-state index in [9.17, 15) is 9.59 Å². The van der Waals surface area contributed by atoms with Gasteiger partial charge in [-0.05, 0) is 49.8 Å². The molecule has 0 N–H and O–H groups in total. The van der Waals surface area contributed by atoms with Gasteiger partial charge in [0.05, 0.1) is 0 Å². The van der Waals surface area contributed by atoms with Gasteiger partial charge >= 0.3 is 5.63 Å². The van der Waals surface area contributed by atoms with E-state index in [1.165, 1.54) is 22.8 Å². The zero-order chi connectivity index (χ0) is 22.9. The van der Waals surface area contributed by atoms with E-state index in [0.29, 0.717) is 5.58 Å². The van der Waals surface area contributed by atoms with E-state index >= 15 is 0 Å². The Labute approximate surface area is 191 Å². The molecule has 0 amide bonds. The minimum atomic E-state index is -0.624. The number of carbonyl (C=O) groups excluding carboxylic acids is 1. The topological polar surface area (TPSA) is 52.2 Å². The lowest BCUT2D eigenvalue weighted by atomic mass is 10.1. The van der Waals surface area contributed by atoms with E-state index in [1.54, 1.807) is 24.3 Å². The highest BCUT2D eigenvalue weighted by atomic mass is 16.4. The minimum Gasteiger partial charge on any atom is -0.422 e. The molecule has 4 nitrogen and oxygen atoms in total. The predicted octanol–water partition coefficient (Wildman–Crippen LogP) is 6.31. The van der Waals surface area contributed by atoms with E-state index in [0.717, 1.165) is 28.4 Å². The number of aryl methyl sites for hydroxylation is 2. The van der Waals surface area contributed by atoms with Crippen molar-refractivity contribution in [2.75, 3.05) is 0 Å². The van der Waals surface area contributed by atoms with Crippen LogP contribution in [-0.2, 0) is 6.54 Å². The number of carbonyl (C=O) groups is 1. The molecule has 5 aromatic rings. The quantitative estimate of drug-likeness (QED) is 0.185. The molecule has 0 unspecified atom stereocenters. The van der Waals surface area contributed by atoms with Crippen molar-refractivity contribution >= 4 is 33.7 Å². The lowest BCUT2D eigenvalue weighted by molar-refractivity contribution is 0.104. The van der Waals surface area contributed by atoms with Crippen molar-refractivity contribution < 1.29 is 9.21 Å². The second kappa shape index (κ2) is 8.40. The third-order valence-electron chi connectivity index (χ3n) is 5.77. The number of allylic oxidation sites excluding steroid dienone is 1. The third kappa shape index (κ3) is 4.15. The largest absolute Gasteiger partial charge is 0.422 e. The number of nitrogens with zero attached hydrogens (tertiary/aromatic N) is 1. The zero-order valence-electron chi connectivity index (χ0n) is 18.5. The summed E-state index contributed by atoms with van der Waals surface area (Å²) in [5, 5.41) is 1.77. The summed E-state index contributed by atoms with van der Waals surface area (Å²) in [5.74, 6) is -0.374. The molecular formula is C29H23NO3. The Hall–Kier alpha value is -4.18. The van der Waals surface area contributed by atoms with Crippen molar-refractivity contribution in [1.82, 2.24) is 4.57 Å². The van der Waals surface area contributed by atoms with Gasteiger partial charge in [-0.1, -0.05) is 65.7 Å². The second-order valence-corrected chi connectivity index (χ2v) is 8.41. The van der Waals surface area contributed by atoms with Gasteiger partial charge in [0.15, 0.2) is 5.78 Å². The van der Waals surface area contributed by atoms with Crippen LogP contribution in [0.3, 0.4) is 0 Å². The Bertz CT molecular complexity index is 1580. The summed E-state index contributed by atoms with van der Waals surface area (Å²) in [6.07, 6.45) is 5.27. The minimum absolute atomic E-state index is 0.0314. The van der Waals surface area contributed by atoms with Crippen molar-refractivity contribution in [3.63, 3.8) is 0 Å². The van der Waals surface area contributed by atoms with E-state index in [1.807, 2.05) is 30.3 Å². The molecule has 0 saturated heterocycles. The standard InChI is InChI=1S/C29H23NO3/c1-19-13-20(2)15-21(14-19)17-30-18-23(24-8-4-5-9-26(24)30)11-12-27(31)25-16-22-7-3-6-10-28(22)33-29(25)32/h3-16,18H,17H2,1-2H3/b12-11+. The van der Waals surface area contributed by atoms with E-state index in [4.69, 9.17) is 4.42 Å². The van der Waals surface area contributed by atoms with Gasteiger partial charge in [-0.25, -0.2) is 4.79 Å². The van der Waals surface area contributed by atoms with Crippen LogP contribution in [0.1, 0.15) is 32.6 Å². The summed E-state index contributed by atoms with van der Waals surface area (Å²) < 4.78 is 7.50. The van der Waals surface area contributed by atoms with Crippen molar-refractivity contribution in [1.29, 1.82) is 0 Å². The second-order valence-electron chi connectivity index (χ2n) is 8.41. The zero-order valence-corrected chi connectivity index (χ0v) is 18.5. The summed E-state index contributed by atoms with van der Waals surface area (Å²) >= 11 is 0. The Kier molecular flexibility index (Phi) is 5.27. The van der Waals surface area contributed by atoms with E-state index in [-0.39, 0.29) is 11.3 Å². The molecule has 33 heavy (non-hydrogen) atoms. The number of hydrogen-bond donors (Lipinski definition) is 0. The maximum Gasteiger partial charge on any atom is 0.347 e. The van der Waals surface area contributed by atoms with Crippen molar-refractivity contribution in [2.45, 2.75) is 20.4 Å². The fraction of sp³-hybridized carbons (Fsp3) is 0.103. The average Bonchev–Trinajstić information content (AvgIpc) is 3.14. The third-order valence-corrected chi connectivity index (χ3v) is 5.77. The summed E-state index contributed by atoms with van der Waals surface area (Å²) in [5.41, 5.74) is 5.60. The maximum absolute atomic E-state index is 12.8. The van der Waals surface area contributed by atoms with Crippen LogP contribution in [0.15, 0.2) is 94.3 Å². The molecule has 0 aliphatic carbocycles. The molecule has 0 atom stereocenters. The maximum atomic E-state index is 12.8. The summed E-state index contributed by atoms with van der Waals surface area (Å²) in [6.45, 7) is 4.94. The molecule has 0 aliphatic rings. The van der Waals surface area contributed by atoms with Crippen LogP contribution in [0.25, 0.3) is 27.9 Å².